The molecule has 0 spiro atoms. The van der Waals surface area contributed by atoms with Crippen molar-refractivity contribution >= 4 is 51.5 Å². The van der Waals surface area contributed by atoms with Crippen molar-refractivity contribution in [2.45, 2.75) is 0 Å². The van der Waals surface area contributed by atoms with Gasteiger partial charge in [-0.25, -0.2) is 0 Å². The summed E-state index contributed by atoms with van der Waals surface area (Å²) in [5, 5.41) is 8.44. The number of aliphatic carboxylic acids is 1. The molecule has 1 heterocycles. The Morgan fingerprint density at radius 3 is 2.73 bits per heavy atom. The van der Waals surface area contributed by atoms with Gasteiger partial charge in [0.2, 0.25) is 0 Å². The molecular formula is C5H5NO2S3. The second-order valence-electron chi connectivity index (χ2n) is 1.93. The van der Waals surface area contributed by atoms with Crippen LogP contribution in [0.4, 0.5) is 0 Å². The number of hydrogen-bond donors (Lipinski definition) is 1. The quantitative estimate of drug-likeness (QED) is 0.673. The average Bonchev–Trinajstić information content (AvgIpc) is 2.18. The summed E-state index contributed by atoms with van der Waals surface area (Å²) in [4.78, 5) is 12.4. The largest absolute Gasteiger partial charge is 0.480 e. The molecule has 0 atom stereocenters. The number of rotatable bonds is 2. The van der Waals surface area contributed by atoms with Gasteiger partial charge in [0.05, 0.1) is 10.7 Å². The van der Waals surface area contributed by atoms with Crippen LogP contribution >= 0.6 is 36.2 Å². The molecular weight excluding hydrogens is 202 g/mol. The lowest BCUT2D eigenvalue weighted by Crippen LogP contribution is -2.32. The third-order valence-corrected chi connectivity index (χ3v) is 3.14. The van der Waals surface area contributed by atoms with Crippen LogP contribution in [0.2, 0.25) is 0 Å². The topological polar surface area (TPSA) is 40.5 Å². The maximum atomic E-state index is 10.3. The molecule has 1 fully saturated rings. The Labute approximate surface area is 78.7 Å². The first-order chi connectivity index (χ1) is 5.11. The van der Waals surface area contributed by atoms with Gasteiger partial charge in [0.15, 0.2) is 0 Å². The van der Waals surface area contributed by atoms with E-state index in [0.717, 1.165) is 0 Å². The van der Waals surface area contributed by atoms with Gasteiger partial charge in [0.1, 0.15) is 10.9 Å². The molecule has 3 nitrogen and oxygen atoms in total. The molecule has 6 heteroatoms. The Balaban J connectivity index is 2.62. The lowest BCUT2D eigenvalue weighted by atomic mass is 10.5. The molecule has 0 radical (unpaired) electrons. The molecule has 1 saturated heterocycles. The number of thiocarbonyl (C=S) groups is 2. The Morgan fingerprint density at radius 1 is 1.73 bits per heavy atom. The number of thioether (sulfide) groups is 1. The first kappa shape index (κ1) is 8.89. The van der Waals surface area contributed by atoms with Gasteiger partial charge in [-0.2, -0.15) is 0 Å². The highest BCUT2D eigenvalue weighted by Gasteiger charge is 2.24. The molecule has 11 heavy (non-hydrogen) atoms. The lowest BCUT2D eigenvalue weighted by Gasteiger charge is -2.12. The van der Waals surface area contributed by atoms with Crippen molar-refractivity contribution in [1.82, 2.24) is 4.90 Å². The summed E-state index contributed by atoms with van der Waals surface area (Å²) in [5.41, 5.74) is 0. The lowest BCUT2D eigenvalue weighted by molar-refractivity contribution is -0.136. The molecule has 1 aliphatic heterocycles. The van der Waals surface area contributed by atoms with Crippen molar-refractivity contribution in [3.8, 4) is 0 Å². The van der Waals surface area contributed by atoms with Crippen molar-refractivity contribution in [3.63, 3.8) is 0 Å². The van der Waals surface area contributed by atoms with Crippen LogP contribution in [-0.2, 0) is 4.79 Å². The van der Waals surface area contributed by atoms with Gasteiger partial charge < -0.3 is 10.0 Å². The summed E-state index contributed by atoms with van der Waals surface area (Å²) in [6.07, 6.45) is 0. The summed E-state index contributed by atoms with van der Waals surface area (Å²) in [7, 11) is 0. The van der Waals surface area contributed by atoms with Gasteiger partial charge in [-0.05, 0) is 0 Å². The fourth-order valence-corrected chi connectivity index (χ4v) is 2.20. The van der Waals surface area contributed by atoms with Crippen molar-refractivity contribution in [2.24, 2.45) is 0 Å². The van der Waals surface area contributed by atoms with Crippen molar-refractivity contribution in [1.29, 1.82) is 0 Å². The molecule has 0 aliphatic carbocycles. The second-order valence-corrected chi connectivity index (χ2v) is 4.01. The van der Waals surface area contributed by atoms with E-state index >= 15 is 0 Å². The molecule has 0 amide bonds. The zero-order chi connectivity index (χ0) is 8.43. The fourth-order valence-electron chi connectivity index (χ4n) is 0.669. The highest BCUT2D eigenvalue weighted by atomic mass is 32.2. The summed E-state index contributed by atoms with van der Waals surface area (Å²) < 4.78 is 0.567. The molecule has 0 aromatic carbocycles. The third kappa shape index (κ3) is 2.11. The van der Waals surface area contributed by atoms with Gasteiger partial charge in [-0.1, -0.05) is 36.2 Å². The number of carbonyl (C=O) groups is 1. The van der Waals surface area contributed by atoms with E-state index in [0.29, 0.717) is 15.1 Å². The summed E-state index contributed by atoms with van der Waals surface area (Å²) in [6, 6.07) is 0. The minimum atomic E-state index is -0.905. The highest BCUT2D eigenvalue weighted by molar-refractivity contribution is 8.24. The minimum Gasteiger partial charge on any atom is -0.480 e. The van der Waals surface area contributed by atoms with Crippen LogP contribution in [0.15, 0.2) is 0 Å². The minimum absolute atomic E-state index is 0.106. The van der Waals surface area contributed by atoms with Crippen LogP contribution in [0.5, 0.6) is 0 Å². The number of carboxylic acids is 1. The van der Waals surface area contributed by atoms with E-state index in [4.69, 9.17) is 29.5 Å². The monoisotopic (exact) mass is 207 g/mol. The molecule has 0 aromatic rings. The Hall–Kier alpha value is -0.200. The molecule has 0 saturated carbocycles. The fraction of sp³-hybridized carbons (Fsp3) is 0.400. The highest BCUT2D eigenvalue weighted by Crippen LogP contribution is 2.19. The van der Waals surface area contributed by atoms with Gasteiger partial charge in [0, 0.05) is 0 Å². The van der Waals surface area contributed by atoms with Crippen LogP contribution in [0.25, 0.3) is 0 Å². The van der Waals surface area contributed by atoms with Crippen LogP contribution in [-0.4, -0.2) is 37.6 Å². The smallest absolute Gasteiger partial charge is 0.323 e. The average molecular weight is 207 g/mol. The second kappa shape index (κ2) is 3.46. The Kier molecular flexibility index (Phi) is 2.80. The van der Waals surface area contributed by atoms with Crippen LogP contribution in [0.1, 0.15) is 0 Å². The maximum Gasteiger partial charge on any atom is 0.323 e. The van der Waals surface area contributed by atoms with E-state index in [2.05, 4.69) is 0 Å². The van der Waals surface area contributed by atoms with E-state index in [1.54, 1.807) is 0 Å². The molecule has 0 bridgehead atoms. The number of nitrogens with zero attached hydrogens (tertiary/aromatic N) is 1. The van der Waals surface area contributed by atoms with Crippen LogP contribution < -0.4 is 0 Å². The van der Waals surface area contributed by atoms with Crippen molar-refractivity contribution in [3.05, 3.63) is 0 Å². The van der Waals surface area contributed by atoms with Gasteiger partial charge in [0.25, 0.3) is 0 Å². The molecule has 1 rings (SSSR count). The predicted molar refractivity (Wildman–Crippen MR) is 52.0 cm³/mol. The molecule has 1 N–H and O–H groups in total. The summed E-state index contributed by atoms with van der Waals surface area (Å²) in [5.74, 6) is -0.265. The first-order valence-corrected chi connectivity index (χ1v) is 4.60. The number of hydrogen-bond acceptors (Lipinski definition) is 4. The molecule has 1 aliphatic rings. The molecule has 60 valence electrons. The van der Waals surface area contributed by atoms with E-state index in [1.165, 1.54) is 16.7 Å². The van der Waals surface area contributed by atoms with E-state index in [9.17, 15) is 4.79 Å². The van der Waals surface area contributed by atoms with Gasteiger partial charge in [-0.3, -0.25) is 4.79 Å². The predicted octanol–water partition coefficient (Wildman–Crippen LogP) is 0.732. The first-order valence-electron chi connectivity index (χ1n) is 2.80. The zero-order valence-electron chi connectivity index (χ0n) is 5.44. The summed E-state index contributed by atoms with van der Waals surface area (Å²) in [6.45, 7) is -0.106. The van der Waals surface area contributed by atoms with Crippen molar-refractivity contribution < 1.29 is 9.90 Å². The maximum absolute atomic E-state index is 10.3. The number of carboxylic acid groups (broad SMARTS) is 1. The van der Waals surface area contributed by atoms with Crippen molar-refractivity contribution in [2.75, 3.05) is 12.3 Å². The Bertz CT molecular complexity index is 212. The van der Waals surface area contributed by atoms with Gasteiger partial charge in [-0.15, -0.1) is 0 Å². The zero-order valence-corrected chi connectivity index (χ0v) is 7.89. The molecule has 0 aromatic heterocycles. The normalized spacial score (nSPS) is 17.6. The van der Waals surface area contributed by atoms with E-state index in [-0.39, 0.29) is 6.54 Å². The Morgan fingerprint density at radius 2 is 2.36 bits per heavy atom. The third-order valence-electron chi connectivity index (χ3n) is 1.13. The van der Waals surface area contributed by atoms with E-state index < -0.39 is 5.97 Å². The SMILES string of the molecule is O=C(O)CN1C(=S)CSC1=S. The summed E-state index contributed by atoms with van der Waals surface area (Å²) >= 11 is 11.2. The van der Waals surface area contributed by atoms with Gasteiger partial charge >= 0.3 is 5.97 Å². The van der Waals surface area contributed by atoms with E-state index in [1.807, 2.05) is 0 Å². The molecule has 0 unspecified atom stereocenters. The standard InChI is InChI=1S/C5H5NO2S3/c7-4(8)1-6-3(9)2-11-5(6)10/h1-2H2,(H,7,8). The van der Waals surface area contributed by atoms with Crippen LogP contribution in [0.3, 0.4) is 0 Å². The van der Waals surface area contributed by atoms with Crippen LogP contribution in [0, 0.1) is 0 Å².